The second-order valence-corrected chi connectivity index (χ2v) is 5.60. The number of nitrogens with one attached hydrogen (secondary N) is 1. The highest BCUT2D eigenvalue weighted by atomic mass is 19.2. The van der Waals surface area contributed by atoms with E-state index in [9.17, 15) is 18.4 Å². The number of carbonyl (C=O) groups is 2. The van der Waals surface area contributed by atoms with E-state index in [1.165, 1.54) is 6.07 Å². The van der Waals surface area contributed by atoms with Gasteiger partial charge in [-0.3, -0.25) is 9.59 Å². The van der Waals surface area contributed by atoms with Crippen molar-refractivity contribution >= 4 is 17.6 Å². The van der Waals surface area contributed by atoms with Gasteiger partial charge in [0.25, 0.3) is 5.91 Å². The molecule has 0 aliphatic carbocycles. The summed E-state index contributed by atoms with van der Waals surface area (Å²) in [7, 11) is 0. The predicted molar refractivity (Wildman–Crippen MR) is 91.9 cm³/mol. The molecule has 0 atom stereocenters. The number of anilines is 1. The smallest absolute Gasteiger partial charge is 0.306 e. The zero-order valence-corrected chi connectivity index (χ0v) is 14.3. The number of esters is 1. The van der Waals surface area contributed by atoms with Crippen molar-refractivity contribution in [2.24, 2.45) is 0 Å². The summed E-state index contributed by atoms with van der Waals surface area (Å²) in [5.41, 5.74) is 1.21. The Hall–Kier alpha value is -2.96. The number of halogens is 2. The summed E-state index contributed by atoms with van der Waals surface area (Å²) in [6.07, 6.45) is 0.543. The highest BCUT2D eigenvalue weighted by Gasteiger charge is 2.09. The van der Waals surface area contributed by atoms with Gasteiger partial charge in [0.1, 0.15) is 5.75 Å². The van der Waals surface area contributed by atoms with Gasteiger partial charge in [-0.2, -0.15) is 0 Å². The molecule has 0 saturated heterocycles. The number of aryl methyl sites for hydroxylation is 1. The van der Waals surface area contributed by atoms with Crippen LogP contribution in [0.25, 0.3) is 0 Å². The van der Waals surface area contributed by atoms with E-state index in [-0.39, 0.29) is 12.1 Å². The molecule has 2 aromatic rings. The van der Waals surface area contributed by atoms with Crippen LogP contribution in [0, 0.1) is 18.6 Å². The summed E-state index contributed by atoms with van der Waals surface area (Å²) in [6, 6.07) is 10.5. The first-order chi connectivity index (χ1) is 12.4. The van der Waals surface area contributed by atoms with Crippen LogP contribution in [-0.2, 0) is 14.3 Å². The SMILES string of the molecule is Cc1ccc(OCCCC(=O)OCC(=O)Nc2ccc(F)c(F)c2)cc1. The molecule has 0 heterocycles. The topological polar surface area (TPSA) is 64.6 Å². The van der Waals surface area contributed by atoms with Gasteiger partial charge in [0.15, 0.2) is 18.2 Å². The molecular formula is C19H19F2NO4. The fraction of sp³-hybridized carbons (Fsp3) is 0.263. The highest BCUT2D eigenvalue weighted by molar-refractivity contribution is 5.92. The number of hydrogen-bond donors (Lipinski definition) is 1. The van der Waals surface area contributed by atoms with E-state index in [2.05, 4.69) is 5.32 Å². The third-order valence-corrected chi connectivity index (χ3v) is 3.38. The van der Waals surface area contributed by atoms with Gasteiger partial charge in [-0.05, 0) is 37.6 Å². The lowest BCUT2D eigenvalue weighted by molar-refractivity contribution is -0.147. The van der Waals surface area contributed by atoms with Gasteiger partial charge in [-0.15, -0.1) is 0 Å². The van der Waals surface area contributed by atoms with Gasteiger partial charge in [0, 0.05) is 18.2 Å². The van der Waals surface area contributed by atoms with Crippen LogP contribution < -0.4 is 10.1 Å². The molecule has 1 amide bonds. The Morgan fingerprint density at radius 1 is 1.04 bits per heavy atom. The Bertz CT molecular complexity index is 763. The van der Waals surface area contributed by atoms with Crippen molar-refractivity contribution in [2.75, 3.05) is 18.5 Å². The third kappa shape index (κ3) is 6.51. The number of carbonyl (C=O) groups excluding carboxylic acids is 2. The van der Waals surface area contributed by atoms with Crippen LogP contribution in [0.15, 0.2) is 42.5 Å². The molecule has 138 valence electrons. The van der Waals surface area contributed by atoms with Crippen LogP contribution in [0.1, 0.15) is 18.4 Å². The standard InChI is InChI=1S/C19H19F2NO4/c1-13-4-7-15(8-5-13)25-10-2-3-19(24)26-12-18(23)22-14-6-9-16(20)17(21)11-14/h4-9,11H,2-3,10,12H2,1H3,(H,22,23). The van der Waals surface area contributed by atoms with Gasteiger partial charge in [-0.25, -0.2) is 8.78 Å². The first-order valence-corrected chi connectivity index (χ1v) is 8.04. The number of hydrogen-bond acceptors (Lipinski definition) is 4. The summed E-state index contributed by atoms with van der Waals surface area (Å²) in [4.78, 5) is 23.2. The monoisotopic (exact) mass is 363 g/mol. The number of rotatable bonds is 8. The van der Waals surface area contributed by atoms with Gasteiger partial charge < -0.3 is 14.8 Å². The van der Waals surface area contributed by atoms with Crippen LogP contribution >= 0.6 is 0 Å². The van der Waals surface area contributed by atoms with Crippen molar-refractivity contribution in [3.05, 3.63) is 59.7 Å². The van der Waals surface area contributed by atoms with Crippen molar-refractivity contribution < 1.29 is 27.8 Å². The molecule has 2 aromatic carbocycles. The summed E-state index contributed by atoms with van der Waals surface area (Å²) < 4.78 is 36.1. The van der Waals surface area contributed by atoms with Crippen LogP contribution in [0.3, 0.4) is 0 Å². The van der Waals surface area contributed by atoms with Gasteiger partial charge in [0.05, 0.1) is 6.61 Å². The molecule has 0 bridgehead atoms. The largest absolute Gasteiger partial charge is 0.494 e. The van der Waals surface area contributed by atoms with Crippen molar-refractivity contribution in [1.29, 1.82) is 0 Å². The van der Waals surface area contributed by atoms with E-state index >= 15 is 0 Å². The van der Waals surface area contributed by atoms with Gasteiger partial charge in [-0.1, -0.05) is 17.7 Å². The van der Waals surface area contributed by atoms with Gasteiger partial charge >= 0.3 is 5.97 Å². The second-order valence-electron chi connectivity index (χ2n) is 5.60. The maximum absolute atomic E-state index is 13.0. The van der Waals surface area contributed by atoms with E-state index in [0.717, 1.165) is 23.4 Å². The summed E-state index contributed by atoms with van der Waals surface area (Å²) in [5.74, 6) is -2.55. The summed E-state index contributed by atoms with van der Waals surface area (Å²) in [6.45, 7) is 1.82. The molecule has 0 aliphatic heterocycles. The molecule has 0 unspecified atom stereocenters. The first-order valence-electron chi connectivity index (χ1n) is 8.04. The fourth-order valence-corrected chi connectivity index (χ4v) is 2.03. The summed E-state index contributed by atoms with van der Waals surface area (Å²) >= 11 is 0. The van der Waals surface area contributed by atoms with Gasteiger partial charge in [0.2, 0.25) is 0 Å². The molecule has 0 fully saturated rings. The molecule has 1 N–H and O–H groups in total. The van der Waals surface area contributed by atoms with E-state index in [0.29, 0.717) is 13.0 Å². The maximum Gasteiger partial charge on any atom is 0.306 e. The fourth-order valence-electron chi connectivity index (χ4n) is 2.03. The van der Waals surface area contributed by atoms with Crippen LogP contribution in [-0.4, -0.2) is 25.1 Å². The van der Waals surface area contributed by atoms with E-state index in [1.807, 2.05) is 31.2 Å². The quantitative estimate of drug-likeness (QED) is 0.575. The summed E-state index contributed by atoms with van der Waals surface area (Å²) in [5, 5.41) is 2.31. The Labute approximate surface area is 149 Å². The van der Waals surface area contributed by atoms with Crippen LogP contribution in [0.5, 0.6) is 5.75 Å². The zero-order chi connectivity index (χ0) is 18.9. The normalized spacial score (nSPS) is 10.3. The Morgan fingerprint density at radius 2 is 1.77 bits per heavy atom. The maximum atomic E-state index is 13.0. The third-order valence-electron chi connectivity index (χ3n) is 3.38. The minimum atomic E-state index is -1.08. The van der Waals surface area contributed by atoms with Crippen LogP contribution in [0.2, 0.25) is 0 Å². The molecule has 0 spiro atoms. The average Bonchev–Trinajstić information content (AvgIpc) is 2.61. The minimum Gasteiger partial charge on any atom is -0.494 e. The first kappa shape index (κ1) is 19.4. The molecule has 2 rings (SSSR count). The van der Waals surface area contributed by atoms with E-state index in [1.54, 1.807) is 0 Å². The lowest BCUT2D eigenvalue weighted by Crippen LogP contribution is -2.21. The highest BCUT2D eigenvalue weighted by Crippen LogP contribution is 2.13. The van der Waals surface area contributed by atoms with Crippen molar-refractivity contribution in [1.82, 2.24) is 0 Å². The molecule has 26 heavy (non-hydrogen) atoms. The molecule has 0 aromatic heterocycles. The molecule has 0 radical (unpaired) electrons. The molecule has 0 aliphatic rings. The van der Waals surface area contributed by atoms with E-state index in [4.69, 9.17) is 9.47 Å². The lowest BCUT2D eigenvalue weighted by Gasteiger charge is -2.08. The zero-order valence-electron chi connectivity index (χ0n) is 14.3. The lowest BCUT2D eigenvalue weighted by atomic mass is 10.2. The van der Waals surface area contributed by atoms with Crippen molar-refractivity contribution in [3.8, 4) is 5.75 Å². The van der Waals surface area contributed by atoms with Crippen LogP contribution in [0.4, 0.5) is 14.5 Å². The Balaban J connectivity index is 1.62. The number of benzene rings is 2. The molecule has 5 nitrogen and oxygen atoms in total. The molecule has 0 saturated carbocycles. The predicted octanol–water partition coefficient (Wildman–Crippen LogP) is 3.61. The number of amides is 1. The van der Waals surface area contributed by atoms with E-state index < -0.39 is 30.1 Å². The average molecular weight is 363 g/mol. The minimum absolute atomic E-state index is 0.0800. The number of ether oxygens (including phenoxy) is 2. The second kappa shape index (κ2) is 9.50. The molecular weight excluding hydrogens is 344 g/mol. The van der Waals surface area contributed by atoms with Crippen molar-refractivity contribution in [3.63, 3.8) is 0 Å². The van der Waals surface area contributed by atoms with Crippen molar-refractivity contribution in [2.45, 2.75) is 19.8 Å². The Kier molecular flexibility index (Phi) is 7.08. The Morgan fingerprint density at radius 3 is 2.46 bits per heavy atom. The molecule has 7 heteroatoms.